The molecule has 1 atom stereocenters. The van der Waals surface area contributed by atoms with Crippen molar-refractivity contribution in [3.05, 3.63) is 89.2 Å². The van der Waals surface area contributed by atoms with E-state index in [9.17, 15) is 5.11 Å². The minimum Gasteiger partial charge on any atom is -0.491 e. The fourth-order valence-electron chi connectivity index (χ4n) is 2.66. The van der Waals surface area contributed by atoms with Gasteiger partial charge in [-0.05, 0) is 66.9 Å². The highest BCUT2D eigenvalue weighted by molar-refractivity contribution is 5.33. The van der Waals surface area contributed by atoms with Crippen LogP contribution in [0.3, 0.4) is 0 Å². The molecule has 0 bridgehead atoms. The van der Waals surface area contributed by atoms with Crippen LogP contribution in [0.1, 0.15) is 28.4 Å². The summed E-state index contributed by atoms with van der Waals surface area (Å²) in [5.41, 5.74) is 4.16. The maximum Gasteiger partial charge on any atom is 0.120 e. The molecule has 26 heavy (non-hydrogen) atoms. The van der Waals surface area contributed by atoms with Gasteiger partial charge in [-0.2, -0.15) is 0 Å². The summed E-state index contributed by atoms with van der Waals surface area (Å²) in [7, 11) is 0. The number of benzene rings is 2. The predicted molar refractivity (Wildman–Crippen MR) is 101 cm³/mol. The van der Waals surface area contributed by atoms with E-state index in [1.54, 1.807) is 12.4 Å². The molecule has 0 saturated heterocycles. The second-order valence-electron chi connectivity index (χ2n) is 6.30. The lowest BCUT2D eigenvalue weighted by molar-refractivity contribution is 0.107. The second-order valence-corrected chi connectivity index (χ2v) is 6.30. The summed E-state index contributed by atoms with van der Waals surface area (Å²) >= 11 is 0. The summed E-state index contributed by atoms with van der Waals surface area (Å²) in [5.74, 6) is 1.47. The van der Waals surface area contributed by atoms with Gasteiger partial charge in [0.05, 0.1) is 0 Å². The Hall–Kier alpha value is -2.85. The van der Waals surface area contributed by atoms with E-state index in [1.807, 2.05) is 68.4 Å². The fourth-order valence-corrected chi connectivity index (χ4v) is 2.66. The van der Waals surface area contributed by atoms with E-state index in [0.717, 1.165) is 28.0 Å². The fraction of sp³-hybridized carbons (Fsp3) is 0.227. The monoisotopic (exact) mass is 349 g/mol. The molecule has 0 aliphatic carbocycles. The van der Waals surface area contributed by atoms with Crippen molar-refractivity contribution >= 4 is 0 Å². The normalized spacial score (nSPS) is 11.8. The molecule has 3 rings (SSSR count). The van der Waals surface area contributed by atoms with Crippen molar-refractivity contribution in [2.24, 2.45) is 0 Å². The Morgan fingerprint density at radius 3 is 2.23 bits per heavy atom. The number of nitrogens with zero attached hydrogens (tertiary/aromatic N) is 1. The van der Waals surface area contributed by atoms with Crippen LogP contribution >= 0.6 is 0 Å². The molecule has 4 nitrogen and oxygen atoms in total. The molecule has 2 aromatic carbocycles. The molecule has 0 aliphatic rings. The molecule has 4 heteroatoms. The van der Waals surface area contributed by atoms with Crippen molar-refractivity contribution in [3.8, 4) is 11.5 Å². The zero-order chi connectivity index (χ0) is 18.4. The number of ether oxygens (including phenoxy) is 2. The van der Waals surface area contributed by atoms with Gasteiger partial charge in [-0.1, -0.05) is 23.8 Å². The van der Waals surface area contributed by atoms with Gasteiger partial charge in [0.2, 0.25) is 0 Å². The van der Waals surface area contributed by atoms with E-state index >= 15 is 0 Å². The Labute approximate surface area is 154 Å². The maximum absolute atomic E-state index is 10.4. The third-order valence-corrected chi connectivity index (χ3v) is 4.18. The van der Waals surface area contributed by atoms with Crippen LogP contribution in [0.4, 0.5) is 0 Å². The van der Waals surface area contributed by atoms with Gasteiger partial charge in [0.1, 0.15) is 30.8 Å². The molecule has 134 valence electrons. The smallest absolute Gasteiger partial charge is 0.120 e. The van der Waals surface area contributed by atoms with E-state index in [1.165, 1.54) is 0 Å². The highest BCUT2D eigenvalue weighted by atomic mass is 16.5. The largest absolute Gasteiger partial charge is 0.491 e. The Morgan fingerprint density at radius 1 is 0.885 bits per heavy atom. The lowest BCUT2D eigenvalue weighted by Crippen LogP contribution is -2.11. The number of rotatable bonds is 7. The molecule has 0 fully saturated rings. The number of aliphatic hydroxyl groups is 1. The molecule has 0 aliphatic heterocycles. The van der Waals surface area contributed by atoms with Crippen LogP contribution in [0.25, 0.3) is 0 Å². The minimum absolute atomic E-state index is 0.210. The van der Waals surface area contributed by atoms with Crippen molar-refractivity contribution in [1.29, 1.82) is 0 Å². The molecular weight excluding hydrogens is 326 g/mol. The summed E-state index contributed by atoms with van der Waals surface area (Å²) in [4.78, 5) is 3.99. The van der Waals surface area contributed by atoms with Crippen LogP contribution in [0.2, 0.25) is 0 Å². The van der Waals surface area contributed by atoms with Crippen molar-refractivity contribution in [2.45, 2.75) is 26.6 Å². The molecule has 0 saturated carbocycles. The van der Waals surface area contributed by atoms with Crippen LogP contribution in [0.5, 0.6) is 11.5 Å². The van der Waals surface area contributed by atoms with Gasteiger partial charge in [-0.25, -0.2) is 0 Å². The van der Waals surface area contributed by atoms with E-state index in [-0.39, 0.29) is 6.61 Å². The highest BCUT2D eigenvalue weighted by Gasteiger charge is 2.11. The zero-order valence-electron chi connectivity index (χ0n) is 15.1. The Bertz CT molecular complexity index is 832. The number of aryl methyl sites for hydroxylation is 2. The van der Waals surface area contributed by atoms with E-state index in [2.05, 4.69) is 4.98 Å². The average Bonchev–Trinajstić information content (AvgIpc) is 2.68. The van der Waals surface area contributed by atoms with Gasteiger partial charge in [-0.3, -0.25) is 4.98 Å². The maximum atomic E-state index is 10.4. The standard InChI is InChI=1S/C22H23NO3/c1-16-3-4-17(2)21(13-16)22(24)15-26-20-7-5-19(6-8-20)25-14-18-9-11-23-12-10-18/h3-13,22,24H,14-15H2,1-2H3. The van der Waals surface area contributed by atoms with Crippen LogP contribution in [-0.2, 0) is 6.61 Å². The molecule has 1 N–H and O–H groups in total. The lowest BCUT2D eigenvalue weighted by Gasteiger charge is -2.16. The highest BCUT2D eigenvalue weighted by Crippen LogP contribution is 2.22. The average molecular weight is 349 g/mol. The summed E-state index contributed by atoms with van der Waals surface area (Å²) in [6.45, 7) is 4.71. The number of hydrogen-bond acceptors (Lipinski definition) is 4. The third-order valence-electron chi connectivity index (χ3n) is 4.18. The molecule has 3 aromatic rings. The van der Waals surface area contributed by atoms with Crippen LogP contribution < -0.4 is 9.47 Å². The molecule has 0 spiro atoms. The first-order chi connectivity index (χ1) is 12.6. The van der Waals surface area contributed by atoms with Crippen molar-refractivity contribution in [2.75, 3.05) is 6.61 Å². The number of aromatic nitrogens is 1. The molecule has 0 amide bonds. The van der Waals surface area contributed by atoms with Gasteiger partial charge < -0.3 is 14.6 Å². The number of hydrogen-bond donors (Lipinski definition) is 1. The Morgan fingerprint density at radius 2 is 1.54 bits per heavy atom. The quantitative estimate of drug-likeness (QED) is 0.687. The first-order valence-corrected chi connectivity index (χ1v) is 8.61. The summed E-state index contributed by atoms with van der Waals surface area (Å²) < 4.78 is 11.5. The summed E-state index contributed by atoms with van der Waals surface area (Å²) in [6, 6.07) is 17.3. The molecular formula is C22H23NO3. The predicted octanol–water partition coefficient (Wildman–Crippen LogP) is 4.39. The van der Waals surface area contributed by atoms with Crippen LogP contribution in [0, 0.1) is 13.8 Å². The summed E-state index contributed by atoms with van der Waals surface area (Å²) in [5, 5.41) is 10.4. The van der Waals surface area contributed by atoms with Crippen LogP contribution in [-0.4, -0.2) is 16.7 Å². The van der Waals surface area contributed by atoms with Crippen molar-refractivity contribution in [3.63, 3.8) is 0 Å². The lowest BCUT2D eigenvalue weighted by atomic mass is 10.0. The summed E-state index contributed by atoms with van der Waals surface area (Å²) in [6.07, 6.45) is 2.84. The van der Waals surface area contributed by atoms with E-state index in [4.69, 9.17) is 9.47 Å². The van der Waals surface area contributed by atoms with E-state index in [0.29, 0.717) is 12.4 Å². The van der Waals surface area contributed by atoms with Gasteiger partial charge in [0.15, 0.2) is 0 Å². The second kappa shape index (κ2) is 8.50. The Kier molecular flexibility index (Phi) is 5.87. The van der Waals surface area contributed by atoms with Crippen molar-refractivity contribution in [1.82, 2.24) is 4.98 Å². The third kappa shape index (κ3) is 4.83. The first kappa shape index (κ1) is 18.0. The molecule has 1 unspecified atom stereocenters. The van der Waals surface area contributed by atoms with Gasteiger partial charge in [-0.15, -0.1) is 0 Å². The first-order valence-electron chi connectivity index (χ1n) is 8.61. The number of aliphatic hydroxyl groups excluding tert-OH is 1. The van der Waals surface area contributed by atoms with Crippen molar-refractivity contribution < 1.29 is 14.6 Å². The SMILES string of the molecule is Cc1ccc(C)c(C(O)COc2ccc(OCc3ccncc3)cc2)c1. The van der Waals surface area contributed by atoms with Gasteiger partial charge >= 0.3 is 0 Å². The van der Waals surface area contributed by atoms with Gasteiger partial charge in [0, 0.05) is 12.4 Å². The number of pyridine rings is 1. The van der Waals surface area contributed by atoms with Gasteiger partial charge in [0.25, 0.3) is 0 Å². The van der Waals surface area contributed by atoms with E-state index < -0.39 is 6.10 Å². The minimum atomic E-state index is -0.655. The molecule has 1 heterocycles. The topological polar surface area (TPSA) is 51.6 Å². The van der Waals surface area contributed by atoms with Crippen LogP contribution in [0.15, 0.2) is 67.0 Å². The Balaban J connectivity index is 1.53. The molecule has 1 aromatic heterocycles. The zero-order valence-corrected chi connectivity index (χ0v) is 15.1. The molecule has 0 radical (unpaired) electrons.